The van der Waals surface area contributed by atoms with E-state index in [0.717, 1.165) is 17.8 Å². The number of anilines is 1. The Morgan fingerprint density at radius 3 is 2.56 bits per heavy atom. The fraction of sp³-hybridized carbons (Fsp3) is 0.333. The zero-order valence-corrected chi connectivity index (χ0v) is 9.87. The second-order valence-corrected chi connectivity index (χ2v) is 3.99. The second-order valence-electron chi connectivity index (χ2n) is 3.61. The van der Waals surface area contributed by atoms with Gasteiger partial charge in [0.15, 0.2) is 0 Å². The molecule has 4 N–H and O–H groups in total. The van der Waals surface area contributed by atoms with Crippen molar-refractivity contribution in [1.82, 2.24) is 0 Å². The van der Waals surface area contributed by atoms with Gasteiger partial charge in [0, 0.05) is 18.1 Å². The molecule has 4 heteroatoms. The van der Waals surface area contributed by atoms with Crippen LogP contribution in [0.5, 0.6) is 0 Å². The van der Waals surface area contributed by atoms with Gasteiger partial charge in [-0.1, -0.05) is 18.7 Å². The van der Waals surface area contributed by atoms with E-state index in [0.29, 0.717) is 12.3 Å². The lowest BCUT2D eigenvalue weighted by Gasteiger charge is -2.10. The molecule has 0 bridgehead atoms. The van der Waals surface area contributed by atoms with Crippen molar-refractivity contribution in [1.29, 1.82) is 0 Å². The van der Waals surface area contributed by atoms with Gasteiger partial charge in [-0.2, -0.15) is 0 Å². The topological polar surface area (TPSA) is 58.3 Å². The van der Waals surface area contributed by atoms with Crippen molar-refractivity contribution in [2.45, 2.75) is 12.5 Å². The quantitative estimate of drug-likeness (QED) is 0.528. The van der Waals surface area contributed by atoms with Crippen LogP contribution < -0.4 is 11.1 Å². The van der Waals surface area contributed by atoms with Gasteiger partial charge in [0.2, 0.25) is 0 Å². The van der Waals surface area contributed by atoms with Gasteiger partial charge in [0.25, 0.3) is 0 Å². The molecule has 0 spiro atoms. The molecule has 0 amide bonds. The van der Waals surface area contributed by atoms with Crippen LogP contribution in [-0.2, 0) is 6.42 Å². The van der Waals surface area contributed by atoms with Gasteiger partial charge < -0.3 is 16.2 Å². The first-order valence-electron chi connectivity index (χ1n) is 5.15. The lowest BCUT2D eigenvalue weighted by atomic mass is 10.1. The van der Waals surface area contributed by atoms with E-state index in [2.05, 4.69) is 11.9 Å². The molecule has 1 atom stereocenters. The summed E-state index contributed by atoms with van der Waals surface area (Å²) in [6.07, 6.45) is 0.588. The van der Waals surface area contributed by atoms with Crippen LogP contribution in [0, 0.1) is 0 Å². The van der Waals surface area contributed by atoms with E-state index in [-0.39, 0.29) is 5.76 Å². The number of benzene rings is 1. The lowest BCUT2D eigenvalue weighted by molar-refractivity contribution is 0.368. The van der Waals surface area contributed by atoms with Crippen LogP contribution in [-0.4, -0.2) is 23.6 Å². The normalized spacial score (nSPS) is 12.1. The van der Waals surface area contributed by atoms with E-state index >= 15 is 0 Å². The smallest absolute Gasteiger partial charge is 0.102 e. The molecule has 0 aliphatic carbocycles. The number of hydrogen-bond donors (Lipinski definition) is 3. The number of rotatable bonds is 6. The summed E-state index contributed by atoms with van der Waals surface area (Å²) in [5.41, 5.74) is 7.78. The summed E-state index contributed by atoms with van der Waals surface area (Å²) in [7, 11) is 0. The molecule has 0 fully saturated rings. The van der Waals surface area contributed by atoms with Crippen molar-refractivity contribution in [3.8, 4) is 0 Å². The third kappa shape index (κ3) is 4.13. The Bertz CT molecular complexity index is 337. The third-order valence-electron chi connectivity index (χ3n) is 2.26. The highest BCUT2D eigenvalue weighted by Crippen LogP contribution is 2.11. The minimum absolute atomic E-state index is 0.0179. The summed E-state index contributed by atoms with van der Waals surface area (Å²) in [4.78, 5) is 0. The van der Waals surface area contributed by atoms with Crippen LogP contribution in [0.1, 0.15) is 5.56 Å². The zero-order chi connectivity index (χ0) is 12.0. The molecule has 1 unspecified atom stereocenters. The van der Waals surface area contributed by atoms with Gasteiger partial charge in [-0.25, -0.2) is 0 Å². The number of nitrogens with two attached hydrogens (primary N) is 1. The SMILES string of the molecule is C=C(O)C(N)Cc1ccc(NCCCl)cc1. The molecule has 0 aromatic heterocycles. The van der Waals surface area contributed by atoms with E-state index in [4.69, 9.17) is 22.4 Å². The molecule has 0 heterocycles. The van der Waals surface area contributed by atoms with E-state index in [1.807, 2.05) is 24.3 Å². The highest BCUT2D eigenvalue weighted by atomic mass is 35.5. The van der Waals surface area contributed by atoms with Crippen LogP contribution in [0.4, 0.5) is 5.69 Å². The predicted molar refractivity (Wildman–Crippen MR) is 69.1 cm³/mol. The number of aliphatic hydroxyl groups excluding tert-OH is 1. The third-order valence-corrected chi connectivity index (χ3v) is 2.45. The minimum Gasteiger partial charge on any atom is -0.511 e. The molecule has 0 saturated heterocycles. The Balaban J connectivity index is 2.54. The molecule has 0 saturated carbocycles. The molecule has 88 valence electrons. The van der Waals surface area contributed by atoms with Crippen molar-refractivity contribution >= 4 is 17.3 Å². The molecular formula is C12H17ClN2O. The van der Waals surface area contributed by atoms with E-state index in [9.17, 15) is 0 Å². The average Bonchev–Trinajstić information content (AvgIpc) is 2.28. The summed E-state index contributed by atoms with van der Waals surface area (Å²) >= 11 is 5.57. The molecule has 16 heavy (non-hydrogen) atoms. The monoisotopic (exact) mass is 240 g/mol. The van der Waals surface area contributed by atoms with Crippen molar-refractivity contribution in [3.63, 3.8) is 0 Å². The number of halogens is 1. The van der Waals surface area contributed by atoms with Gasteiger partial charge in [-0.15, -0.1) is 11.6 Å². The molecule has 1 aromatic carbocycles. The maximum atomic E-state index is 9.11. The van der Waals surface area contributed by atoms with Gasteiger partial charge in [-0.3, -0.25) is 0 Å². The van der Waals surface area contributed by atoms with Gasteiger partial charge in [-0.05, 0) is 24.1 Å². The van der Waals surface area contributed by atoms with Gasteiger partial charge in [0.1, 0.15) is 5.76 Å². The van der Waals surface area contributed by atoms with E-state index in [1.54, 1.807) is 0 Å². The van der Waals surface area contributed by atoms with Crippen molar-refractivity contribution < 1.29 is 5.11 Å². The van der Waals surface area contributed by atoms with Crippen LogP contribution in [0.3, 0.4) is 0 Å². The first kappa shape index (κ1) is 12.9. The fourth-order valence-corrected chi connectivity index (χ4v) is 1.42. The molecule has 0 aliphatic rings. The Morgan fingerprint density at radius 2 is 2.06 bits per heavy atom. The molecule has 0 aliphatic heterocycles. The summed E-state index contributed by atoms with van der Waals surface area (Å²) in [5, 5.41) is 12.3. The largest absolute Gasteiger partial charge is 0.511 e. The number of alkyl halides is 1. The van der Waals surface area contributed by atoms with Gasteiger partial charge >= 0.3 is 0 Å². The van der Waals surface area contributed by atoms with Crippen molar-refractivity contribution in [3.05, 3.63) is 42.2 Å². The summed E-state index contributed by atoms with van der Waals surface area (Å²) in [6, 6.07) is 7.48. The molecular weight excluding hydrogens is 224 g/mol. The van der Waals surface area contributed by atoms with Crippen molar-refractivity contribution in [2.75, 3.05) is 17.7 Å². The average molecular weight is 241 g/mol. The highest BCUT2D eigenvalue weighted by Gasteiger charge is 2.06. The summed E-state index contributed by atoms with van der Waals surface area (Å²) in [5.74, 6) is 0.598. The second kappa shape index (κ2) is 6.40. The highest BCUT2D eigenvalue weighted by molar-refractivity contribution is 6.18. The summed E-state index contributed by atoms with van der Waals surface area (Å²) in [6.45, 7) is 4.16. The number of hydrogen-bond acceptors (Lipinski definition) is 3. The Morgan fingerprint density at radius 1 is 1.44 bits per heavy atom. The minimum atomic E-state index is -0.401. The molecule has 1 rings (SSSR count). The Hall–Kier alpha value is -1.19. The fourth-order valence-electron chi connectivity index (χ4n) is 1.32. The Labute approximate surface area is 101 Å². The lowest BCUT2D eigenvalue weighted by Crippen LogP contribution is -2.24. The molecule has 3 nitrogen and oxygen atoms in total. The standard InChI is InChI=1S/C12H17ClN2O/c1-9(16)12(14)8-10-2-4-11(5-3-10)15-7-6-13/h2-5,12,15-16H,1,6-8,14H2. The maximum absolute atomic E-state index is 9.11. The summed E-state index contributed by atoms with van der Waals surface area (Å²) < 4.78 is 0. The first-order valence-corrected chi connectivity index (χ1v) is 5.69. The van der Waals surface area contributed by atoms with Gasteiger partial charge in [0.05, 0.1) is 6.04 Å². The Kier molecular flexibility index (Phi) is 5.15. The maximum Gasteiger partial charge on any atom is 0.102 e. The van der Waals surface area contributed by atoms with E-state index < -0.39 is 6.04 Å². The van der Waals surface area contributed by atoms with Crippen LogP contribution in [0.2, 0.25) is 0 Å². The number of nitrogens with one attached hydrogen (secondary N) is 1. The first-order chi connectivity index (χ1) is 7.63. The van der Waals surface area contributed by atoms with Crippen molar-refractivity contribution in [2.24, 2.45) is 5.73 Å². The molecule has 0 radical (unpaired) electrons. The van der Waals surface area contributed by atoms with Crippen LogP contribution in [0.15, 0.2) is 36.6 Å². The predicted octanol–water partition coefficient (Wildman–Crippen LogP) is 2.28. The van der Waals surface area contributed by atoms with E-state index in [1.165, 1.54) is 0 Å². The molecule has 1 aromatic rings. The zero-order valence-electron chi connectivity index (χ0n) is 9.12. The number of aliphatic hydroxyl groups is 1. The van der Waals surface area contributed by atoms with Crippen LogP contribution >= 0.6 is 11.6 Å². The van der Waals surface area contributed by atoms with Crippen LogP contribution in [0.25, 0.3) is 0 Å².